The molecule has 0 amide bonds. The fraction of sp³-hybridized carbons (Fsp3) is 0.692. The van der Waals surface area contributed by atoms with Crippen LogP contribution in [0.15, 0.2) is 24.9 Å². The minimum Gasteiger partial charge on any atom is -0.385 e. The van der Waals surface area contributed by atoms with Gasteiger partial charge in [0, 0.05) is 17.8 Å². The lowest BCUT2D eigenvalue weighted by molar-refractivity contribution is 0.467. The Kier molecular flexibility index (Phi) is 8.11. The standard InChI is InChI=1S/C13H26N2/c1-6-8-10-13(9-7-2)15-12(4)11(3)14-5/h6,11,13-15H,1,4,7-10H2,2-3,5H3. The highest BCUT2D eigenvalue weighted by Gasteiger charge is 2.10. The van der Waals surface area contributed by atoms with Crippen LogP contribution in [0.5, 0.6) is 0 Å². The van der Waals surface area contributed by atoms with Crippen molar-refractivity contribution in [1.82, 2.24) is 10.6 Å². The summed E-state index contributed by atoms with van der Waals surface area (Å²) in [6.07, 6.45) is 6.60. The molecule has 15 heavy (non-hydrogen) atoms. The van der Waals surface area contributed by atoms with Gasteiger partial charge >= 0.3 is 0 Å². The first-order valence-electron chi connectivity index (χ1n) is 5.89. The maximum atomic E-state index is 4.06. The smallest absolute Gasteiger partial charge is 0.0432 e. The monoisotopic (exact) mass is 210 g/mol. The average Bonchev–Trinajstić information content (AvgIpc) is 2.24. The van der Waals surface area contributed by atoms with Crippen LogP contribution in [0.1, 0.15) is 39.5 Å². The maximum absolute atomic E-state index is 4.06. The summed E-state index contributed by atoms with van der Waals surface area (Å²) in [4.78, 5) is 0. The maximum Gasteiger partial charge on any atom is 0.0432 e. The van der Waals surface area contributed by atoms with E-state index < -0.39 is 0 Å². The normalized spacial score (nSPS) is 14.3. The molecule has 0 aromatic carbocycles. The minimum atomic E-state index is 0.327. The number of likely N-dealkylation sites (N-methyl/N-ethyl adjacent to an activating group) is 1. The van der Waals surface area contributed by atoms with E-state index >= 15 is 0 Å². The highest BCUT2D eigenvalue weighted by molar-refractivity contribution is 5.02. The highest BCUT2D eigenvalue weighted by Crippen LogP contribution is 2.08. The van der Waals surface area contributed by atoms with Gasteiger partial charge in [0.2, 0.25) is 0 Å². The molecule has 0 aliphatic rings. The van der Waals surface area contributed by atoms with Gasteiger partial charge in [-0.15, -0.1) is 6.58 Å². The molecule has 88 valence electrons. The van der Waals surface area contributed by atoms with Gasteiger partial charge in [-0.05, 0) is 33.2 Å². The van der Waals surface area contributed by atoms with Crippen LogP contribution in [0, 0.1) is 0 Å². The average molecular weight is 210 g/mol. The molecular formula is C13H26N2. The van der Waals surface area contributed by atoms with Gasteiger partial charge in [0.15, 0.2) is 0 Å². The van der Waals surface area contributed by atoms with Gasteiger partial charge in [-0.2, -0.15) is 0 Å². The Hall–Kier alpha value is -0.760. The zero-order valence-electron chi connectivity index (χ0n) is 10.5. The largest absolute Gasteiger partial charge is 0.385 e. The van der Waals surface area contributed by atoms with Crippen molar-refractivity contribution in [3.05, 3.63) is 24.9 Å². The van der Waals surface area contributed by atoms with Gasteiger partial charge in [0.05, 0.1) is 0 Å². The topological polar surface area (TPSA) is 24.1 Å². The molecule has 0 aliphatic carbocycles. The van der Waals surface area contributed by atoms with Crippen molar-refractivity contribution in [2.45, 2.75) is 51.6 Å². The summed E-state index contributed by atoms with van der Waals surface area (Å²) in [5.41, 5.74) is 1.08. The second kappa shape index (κ2) is 8.54. The van der Waals surface area contributed by atoms with Crippen molar-refractivity contribution < 1.29 is 0 Å². The Bertz CT molecular complexity index is 187. The molecule has 2 atom stereocenters. The van der Waals surface area contributed by atoms with E-state index in [1.165, 1.54) is 12.8 Å². The summed E-state index contributed by atoms with van der Waals surface area (Å²) in [7, 11) is 1.95. The Morgan fingerprint density at radius 3 is 2.53 bits per heavy atom. The van der Waals surface area contributed by atoms with Crippen molar-refractivity contribution in [3.63, 3.8) is 0 Å². The lowest BCUT2D eigenvalue weighted by atomic mass is 10.1. The molecule has 0 saturated carbocycles. The van der Waals surface area contributed by atoms with Crippen molar-refractivity contribution in [1.29, 1.82) is 0 Å². The number of hydrogen-bond acceptors (Lipinski definition) is 2. The van der Waals surface area contributed by atoms with Gasteiger partial charge in [-0.3, -0.25) is 0 Å². The summed E-state index contributed by atoms with van der Waals surface area (Å²) in [5.74, 6) is 0. The Balaban J connectivity index is 4.02. The third-order valence-corrected chi connectivity index (χ3v) is 2.70. The fourth-order valence-electron chi connectivity index (χ4n) is 1.52. The first-order valence-corrected chi connectivity index (χ1v) is 5.89. The molecule has 2 unspecified atom stereocenters. The summed E-state index contributed by atoms with van der Waals surface area (Å²) in [6, 6.07) is 0.865. The lowest BCUT2D eigenvalue weighted by Gasteiger charge is -2.23. The number of allylic oxidation sites excluding steroid dienone is 1. The van der Waals surface area contributed by atoms with Gasteiger partial charge < -0.3 is 10.6 Å². The van der Waals surface area contributed by atoms with Gasteiger partial charge in [0.1, 0.15) is 0 Å². The molecule has 2 heteroatoms. The number of rotatable bonds is 9. The summed E-state index contributed by atoms with van der Waals surface area (Å²) >= 11 is 0. The van der Waals surface area contributed by atoms with E-state index in [9.17, 15) is 0 Å². The molecule has 0 saturated heterocycles. The molecule has 0 aliphatic heterocycles. The molecule has 0 rings (SSSR count). The fourth-order valence-corrected chi connectivity index (χ4v) is 1.52. The van der Waals surface area contributed by atoms with Gasteiger partial charge in [0.25, 0.3) is 0 Å². The predicted molar refractivity (Wildman–Crippen MR) is 68.9 cm³/mol. The molecule has 0 spiro atoms. The third-order valence-electron chi connectivity index (χ3n) is 2.70. The SMILES string of the molecule is C=CCCC(CCC)NC(=C)C(C)NC. The number of nitrogens with one attached hydrogen (secondary N) is 2. The minimum absolute atomic E-state index is 0.327. The molecule has 0 heterocycles. The van der Waals surface area contributed by atoms with E-state index in [4.69, 9.17) is 0 Å². The second-order valence-electron chi connectivity index (χ2n) is 4.03. The highest BCUT2D eigenvalue weighted by atomic mass is 15.0. The molecule has 0 aromatic rings. The molecule has 2 N–H and O–H groups in total. The van der Waals surface area contributed by atoms with Crippen LogP contribution in [0.4, 0.5) is 0 Å². The van der Waals surface area contributed by atoms with Crippen molar-refractivity contribution in [2.24, 2.45) is 0 Å². The van der Waals surface area contributed by atoms with E-state index in [2.05, 4.69) is 37.6 Å². The van der Waals surface area contributed by atoms with Crippen molar-refractivity contribution in [2.75, 3.05) is 7.05 Å². The van der Waals surface area contributed by atoms with Crippen LogP contribution < -0.4 is 10.6 Å². The van der Waals surface area contributed by atoms with Crippen molar-refractivity contribution >= 4 is 0 Å². The summed E-state index contributed by atoms with van der Waals surface area (Å²) in [6.45, 7) is 12.1. The zero-order chi connectivity index (χ0) is 11.7. The first-order chi connectivity index (χ1) is 7.15. The van der Waals surface area contributed by atoms with Crippen molar-refractivity contribution in [3.8, 4) is 0 Å². The van der Waals surface area contributed by atoms with Gasteiger partial charge in [-0.1, -0.05) is 26.0 Å². The molecular weight excluding hydrogens is 184 g/mol. The molecule has 0 bridgehead atoms. The Morgan fingerprint density at radius 1 is 1.40 bits per heavy atom. The van der Waals surface area contributed by atoms with Crippen LogP contribution in [-0.2, 0) is 0 Å². The molecule has 0 fully saturated rings. The van der Waals surface area contributed by atoms with E-state index in [1.54, 1.807) is 0 Å². The van der Waals surface area contributed by atoms with E-state index in [0.717, 1.165) is 18.5 Å². The molecule has 0 aromatic heterocycles. The molecule has 0 radical (unpaired) electrons. The van der Waals surface area contributed by atoms with E-state index in [0.29, 0.717) is 12.1 Å². The zero-order valence-corrected chi connectivity index (χ0v) is 10.5. The first kappa shape index (κ1) is 14.2. The van der Waals surface area contributed by atoms with Crippen LogP contribution in [-0.4, -0.2) is 19.1 Å². The van der Waals surface area contributed by atoms with Crippen LogP contribution in [0.3, 0.4) is 0 Å². The van der Waals surface area contributed by atoms with Crippen LogP contribution >= 0.6 is 0 Å². The Labute approximate surface area is 94.8 Å². The van der Waals surface area contributed by atoms with Crippen LogP contribution in [0.25, 0.3) is 0 Å². The molecule has 2 nitrogen and oxygen atoms in total. The van der Waals surface area contributed by atoms with Gasteiger partial charge in [-0.25, -0.2) is 0 Å². The van der Waals surface area contributed by atoms with E-state index in [1.807, 2.05) is 13.1 Å². The quantitative estimate of drug-likeness (QED) is 0.572. The lowest BCUT2D eigenvalue weighted by Crippen LogP contribution is -2.36. The van der Waals surface area contributed by atoms with E-state index in [-0.39, 0.29) is 0 Å². The Morgan fingerprint density at radius 2 is 2.07 bits per heavy atom. The predicted octanol–water partition coefficient (Wildman–Crippen LogP) is 2.83. The second-order valence-corrected chi connectivity index (χ2v) is 4.03. The number of hydrogen-bond donors (Lipinski definition) is 2. The summed E-state index contributed by atoms with van der Waals surface area (Å²) in [5, 5.41) is 6.68. The van der Waals surface area contributed by atoms with Crippen LogP contribution in [0.2, 0.25) is 0 Å². The summed E-state index contributed by atoms with van der Waals surface area (Å²) < 4.78 is 0. The third kappa shape index (κ3) is 6.34.